The van der Waals surface area contributed by atoms with Crippen LogP contribution in [0.15, 0.2) is 74.6 Å². The summed E-state index contributed by atoms with van der Waals surface area (Å²) >= 11 is 0. The Balaban J connectivity index is 2.15. The maximum absolute atomic E-state index is 12.0. The van der Waals surface area contributed by atoms with Crippen molar-refractivity contribution in [3.8, 4) is 5.75 Å². The number of benzene rings is 3. The molecule has 0 saturated carbocycles. The molecule has 1 amide bonds. The van der Waals surface area contributed by atoms with E-state index in [0.29, 0.717) is 11.6 Å². The Labute approximate surface area is 203 Å². The third kappa shape index (κ3) is 6.08. The molecule has 3 aromatic carbocycles. The van der Waals surface area contributed by atoms with Crippen LogP contribution in [0, 0.1) is 6.92 Å². The number of carboxylic acids is 1. The zero-order chi connectivity index (χ0) is 26.8. The molecule has 0 bridgehead atoms. The van der Waals surface area contributed by atoms with Gasteiger partial charge in [0.1, 0.15) is 21.2 Å². The highest BCUT2D eigenvalue weighted by Gasteiger charge is 2.23. The first-order valence-corrected chi connectivity index (χ1v) is 12.5. The predicted molar refractivity (Wildman–Crippen MR) is 126 cm³/mol. The highest BCUT2D eigenvalue weighted by molar-refractivity contribution is 7.86. The number of nitrogens with zero attached hydrogens (tertiary/aromatic N) is 2. The molecule has 0 aromatic heterocycles. The lowest BCUT2D eigenvalue weighted by molar-refractivity contribution is -0.131. The monoisotopic (exact) mass is 535 g/mol. The third-order valence-corrected chi connectivity index (χ3v) is 6.37. The molecule has 0 unspecified atom stereocenters. The van der Waals surface area contributed by atoms with Gasteiger partial charge in [-0.25, -0.2) is 4.79 Å². The summed E-state index contributed by atoms with van der Waals surface area (Å²) in [4.78, 5) is 20.8. The van der Waals surface area contributed by atoms with Crippen LogP contribution in [-0.2, 0) is 29.8 Å². The number of hydrogen-bond donors (Lipinski definition) is 5. The summed E-state index contributed by atoms with van der Waals surface area (Å²) < 4.78 is 66.5. The highest BCUT2D eigenvalue weighted by Crippen LogP contribution is 2.42. The summed E-state index contributed by atoms with van der Waals surface area (Å²) in [7, 11) is -9.72. The van der Waals surface area contributed by atoms with Crippen LogP contribution in [0.25, 0.3) is 10.8 Å². The van der Waals surface area contributed by atoms with Crippen LogP contribution in [-0.4, -0.2) is 48.0 Å². The topological polar surface area (TPSA) is 220 Å². The van der Waals surface area contributed by atoms with E-state index in [-0.39, 0.29) is 22.1 Å². The summed E-state index contributed by atoms with van der Waals surface area (Å²) in [5.74, 6) is -2.88. The van der Waals surface area contributed by atoms with Crippen LogP contribution >= 0.6 is 0 Å². The van der Waals surface area contributed by atoms with Gasteiger partial charge in [-0.3, -0.25) is 13.9 Å². The lowest BCUT2D eigenvalue weighted by Gasteiger charge is -2.11. The van der Waals surface area contributed by atoms with Gasteiger partial charge in [0, 0.05) is 23.2 Å². The average Bonchev–Trinajstić information content (AvgIpc) is 2.76. The molecule has 13 nitrogen and oxygen atoms in total. The Morgan fingerprint density at radius 1 is 0.889 bits per heavy atom. The first kappa shape index (κ1) is 26.4. The zero-order valence-electron chi connectivity index (χ0n) is 18.1. The van der Waals surface area contributed by atoms with E-state index < -0.39 is 53.3 Å². The summed E-state index contributed by atoms with van der Waals surface area (Å²) in [5, 5.41) is 29.0. The van der Waals surface area contributed by atoms with E-state index in [1.54, 1.807) is 6.92 Å². The minimum atomic E-state index is -5.00. The molecule has 0 aliphatic carbocycles. The number of anilines is 1. The molecule has 0 fully saturated rings. The van der Waals surface area contributed by atoms with Crippen LogP contribution in [0.1, 0.15) is 5.56 Å². The Hall–Kier alpha value is -4.18. The number of azo groups is 1. The fraction of sp³-hybridized carbons (Fsp3) is 0.0476. The fourth-order valence-electron chi connectivity index (χ4n) is 3.07. The first-order chi connectivity index (χ1) is 16.7. The average molecular weight is 536 g/mol. The molecule has 36 heavy (non-hydrogen) atoms. The maximum atomic E-state index is 12.0. The third-order valence-electron chi connectivity index (χ3n) is 4.62. The second kappa shape index (κ2) is 9.82. The smallest absolute Gasteiger partial charge is 0.328 e. The fourth-order valence-corrected chi connectivity index (χ4v) is 4.43. The van der Waals surface area contributed by atoms with Gasteiger partial charge >= 0.3 is 5.97 Å². The number of phenols is 1. The van der Waals surface area contributed by atoms with Crippen LogP contribution in [0.5, 0.6) is 5.75 Å². The first-order valence-electron chi connectivity index (χ1n) is 9.66. The number of amides is 1. The summed E-state index contributed by atoms with van der Waals surface area (Å²) in [6, 6.07) is 8.53. The molecule has 15 heteroatoms. The van der Waals surface area contributed by atoms with Crippen molar-refractivity contribution in [2.45, 2.75) is 16.7 Å². The van der Waals surface area contributed by atoms with Crippen LogP contribution < -0.4 is 5.32 Å². The minimum Gasteiger partial charge on any atom is -0.505 e. The second-order valence-electron chi connectivity index (χ2n) is 7.29. The Morgan fingerprint density at radius 2 is 1.56 bits per heavy atom. The molecular weight excluding hydrogens is 518 g/mol. The molecule has 0 aliphatic heterocycles. The number of aliphatic carboxylic acids is 1. The van der Waals surface area contributed by atoms with Crippen LogP contribution in [0.3, 0.4) is 0 Å². The molecule has 3 aromatic rings. The Kier molecular flexibility index (Phi) is 7.21. The summed E-state index contributed by atoms with van der Waals surface area (Å²) in [6.45, 7) is 1.56. The molecule has 3 rings (SSSR count). The number of fused-ring (bicyclic) bond motifs is 1. The number of aryl methyl sites for hydroxylation is 1. The van der Waals surface area contributed by atoms with Gasteiger partial charge in [0.05, 0.1) is 0 Å². The second-order valence-corrected chi connectivity index (χ2v) is 10.1. The largest absolute Gasteiger partial charge is 0.505 e. The number of aromatic hydroxyl groups is 1. The van der Waals surface area contributed by atoms with E-state index in [2.05, 4.69) is 15.5 Å². The van der Waals surface area contributed by atoms with Crippen molar-refractivity contribution >= 4 is 59.9 Å². The van der Waals surface area contributed by atoms with Crippen molar-refractivity contribution < 1.29 is 45.7 Å². The predicted octanol–water partition coefficient (Wildman–Crippen LogP) is 3.34. The summed E-state index contributed by atoms with van der Waals surface area (Å²) in [6.07, 6.45) is 1.36. The molecule has 188 valence electrons. The Bertz CT molecular complexity index is 1680. The quantitative estimate of drug-likeness (QED) is 0.169. The SMILES string of the molecule is Cc1ccc(N=Nc2c(S(=O)(=O)O)cc3cc(NC(=O)/C=C\C(=O)O)ccc3c2O)c(S(=O)(=O)O)c1. The zero-order valence-corrected chi connectivity index (χ0v) is 19.8. The lowest BCUT2D eigenvalue weighted by Crippen LogP contribution is -2.08. The molecular formula is C21H17N3O10S2. The van der Waals surface area contributed by atoms with Crippen LogP contribution in [0.4, 0.5) is 17.1 Å². The van der Waals surface area contributed by atoms with Gasteiger partial charge in [0.15, 0.2) is 5.75 Å². The van der Waals surface area contributed by atoms with Crippen molar-refractivity contribution in [1.82, 2.24) is 0 Å². The van der Waals surface area contributed by atoms with Gasteiger partial charge in [-0.1, -0.05) is 6.07 Å². The molecule has 0 spiro atoms. The van der Waals surface area contributed by atoms with E-state index in [0.717, 1.165) is 18.2 Å². The molecule has 0 heterocycles. The van der Waals surface area contributed by atoms with E-state index in [4.69, 9.17) is 5.11 Å². The van der Waals surface area contributed by atoms with E-state index >= 15 is 0 Å². The van der Waals surface area contributed by atoms with Gasteiger partial charge in [0.25, 0.3) is 20.2 Å². The van der Waals surface area contributed by atoms with E-state index in [1.165, 1.54) is 30.3 Å². The number of carboxylic acid groups (broad SMARTS) is 1. The van der Waals surface area contributed by atoms with Crippen LogP contribution in [0.2, 0.25) is 0 Å². The number of rotatable bonds is 7. The maximum Gasteiger partial charge on any atom is 0.328 e. The van der Waals surface area contributed by atoms with Crippen molar-refractivity contribution in [2.24, 2.45) is 10.2 Å². The number of carbonyl (C=O) groups excluding carboxylic acids is 1. The molecule has 0 aliphatic rings. The van der Waals surface area contributed by atoms with Gasteiger partial charge in [-0.15, -0.1) is 10.2 Å². The number of hydrogen-bond acceptors (Lipinski definition) is 9. The van der Waals surface area contributed by atoms with Crippen molar-refractivity contribution in [3.63, 3.8) is 0 Å². The number of phenolic OH excluding ortho intramolecular Hbond substituents is 1. The van der Waals surface area contributed by atoms with Gasteiger partial charge < -0.3 is 15.5 Å². The molecule has 0 saturated heterocycles. The summed E-state index contributed by atoms with van der Waals surface area (Å²) in [5.41, 5.74) is -0.505. The number of nitrogens with one attached hydrogen (secondary N) is 1. The Morgan fingerprint density at radius 3 is 2.17 bits per heavy atom. The normalized spacial score (nSPS) is 12.4. The lowest BCUT2D eigenvalue weighted by atomic mass is 10.1. The van der Waals surface area contributed by atoms with Gasteiger partial charge in [0.2, 0.25) is 5.91 Å². The standard InChI is InChI=1S/C21H17N3O10S2/c1-11-2-5-15(16(8-11)35(29,30)31)23-24-20-17(36(32,33)34)10-12-9-13(3-4-14(12)21(20)28)22-18(25)6-7-19(26)27/h2-10,28H,1H3,(H,22,25)(H,26,27)(H,29,30,31)(H,32,33,34)/b7-6-,24-23?. The minimum absolute atomic E-state index is 0.0225. The van der Waals surface area contributed by atoms with Gasteiger partial charge in [-0.05, 0) is 54.3 Å². The number of carbonyl (C=O) groups is 2. The van der Waals surface area contributed by atoms with Crippen molar-refractivity contribution in [2.75, 3.05) is 5.32 Å². The molecule has 0 atom stereocenters. The van der Waals surface area contributed by atoms with E-state index in [1.807, 2.05) is 0 Å². The van der Waals surface area contributed by atoms with Crippen molar-refractivity contribution in [1.29, 1.82) is 0 Å². The molecule has 5 N–H and O–H groups in total. The molecule has 0 radical (unpaired) electrons. The van der Waals surface area contributed by atoms with Gasteiger partial charge in [-0.2, -0.15) is 16.8 Å². The van der Waals surface area contributed by atoms with Crippen molar-refractivity contribution in [3.05, 3.63) is 60.2 Å². The highest BCUT2D eigenvalue weighted by atomic mass is 32.2. The van der Waals surface area contributed by atoms with E-state index in [9.17, 15) is 40.6 Å².